The van der Waals surface area contributed by atoms with Crippen LogP contribution in [0.3, 0.4) is 0 Å². The Morgan fingerprint density at radius 2 is 2.00 bits per heavy atom. The van der Waals surface area contributed by atoms with Crippen LogP contribution in [0.5, 0.6) is 0 Å². The Morgan fingerprint density at radius 1 is 1.29 bits per heavy atom. The van der Waals surface area contributed by atoms with E-state index in [1.54, 1.807) is 12.1 Å². The standard InChI is InChI=1S/C14H10FN3O3/c15-11-3-1-10(13(9-11)18(20)21)2-4-14(19)17-12-5-7-16-8-6-12/h1-9H,(H,16,17,19). The van der Waals surface area contributed by atoms with E-state index in [-0.39, 0.29) is 5.56 Å². The van der Waals surface area contributed by atoms with Crippen molar-refractivity contribution < 1.29 is 14.1 Å². The fourth-order valence-corrected chi connectivity index (χ4v) is 1.60. The number of pyridine rings is 1. The molecule has 106 valence electrons. The predicted octanol–water partition coefficient (Wildman–Crippen LogP) is 2.78. The molecule has 1 amide bonds. The van der Waals surface area contributed by atoms with Crippen LogP contribution >= 0.6 is 0 Å². The Hall–Kier alpha value is -3.09. The molecule has 0 unspecified atom stereocenters. The molecule has 7 heteroatoms. The van der Waals surface area contributed by atoms with E-state index >= 15 is 0 Å². The zero-order valence-corrected chi connectivity index (χ0v) is 10.7. The van der Waals surface area contributed by atoms with Crippen molar-refractivity contribution in [1.82, 2.24) is 4.98 Å². The van der Waals surface area contributed by atoms with Gasteiger partial charge in [0.05, 0.1) is 16.6 Å². The third kappa shape index (κ3) is 3.93. The summed E-state index contributed by atoms with van der Waals surface area (Å²) in [6.45, 7) is 0. The van der Waals surface area contributed by atoms with E-state index in [9.17, 15) is 19.3 Å². The van der Waals surface area contributed by atoms with E-state index in [0.717, 1.165) is 18.2 Å². The second-order valence-electron chi connectivity index (χ2n) is 4.02. The average Bonchev–Trinajstić information content (AvgIpc) is 2.47. The number of nitrogens with zero attached hydrogens (tertiary/aromatic N) is 2. The molecule has 1 heterocycles. The number of nitro groups is 1. The largest absolute Gasteiger partial charge is 0.322 e. The zero-order valence-electron chi connectivity index (χ0n) is 10.7. The highest BCUT2D eigenvalue weighted by Gasteiger charge is 2.12. The quantitative estimate of drug-likeness (QED) is 0.532. The number of benzene rings is 1. The van der Waals surface area contributed by atoms with Crippen LogP contribution in [0.25, 0.3) is 6.08 Å². The number of aromatic nitrogens is 1. The summed E-state index contributed by atoms with van der Waals surface area (Å²) >= 11 is 0. The molecule has 6 nitrogen and oxygen atoms in total. The third-order valence-corrected chi connectivity index (χ3v) is 2.55. The number of hydrogen-bond acceptors (Lipinski definition) is 4. The molecule has 0 spiro atoms. The van der Waals surface area contributed by atoms with Crippen LogP contribution in [-0.2, 0) is 4.79 Å². The van der Waals surface area contributed by atoms with Crippen molar-refractivity contribution in [1.29, 1.82) is 0 Å². The van der Waals surface area contributed by atoms with Gasteiger partial charge in [0, 0.05) is 24.2 Å². The molecule has 0 saturated heterocycles. The average molecular weight is 287 g/mol. The minimum absolute atomic E-state index is 0.145. The monoisotopic (exact) mass is 287 g/mol. The fraction of sp³-hybridized carbons (Fsp3) is 0. The van der Waals surface area contributed by atoms with Crippen molar-refractivity contribution in [2.24, 2.45) is 0 Å². The highest BCUT2D eigenvalue weighted by atomic mass is 19.1. The van der Waals surface area contributed by atoms with Gasteiger partial charge in [-0.1, -0.05) is 0 Å². The molecule has 2 aromatic rings. The van der Waals surface area contributed by atoms with Crippen LogP contribution in [0.2, 0.25) is 0 Å². The van der Waals surface area contributed by atoms with Crippen LogP contribution in [0.15, 0.2) is 48.8 Å². The number of halogens is 1. The van der Waals surface area contributed by atoms with E-state index in [2.05, 4.69) is 10.3 Å². The maximum atomic E-state index is 13.0. The van der Waals surface area contributed by atoms with Crippen LogP contribution in [0, 0.1) is 15.9 Å². The first-order valence-electron chi connectivity index (χ1n) is 5.89. The molecule has 1 aromatic carbocycles. The van der Waals surface area contributed by atoms with Crippen LogP contribution in [0.1, 0.15) is 5.56 Å². The van der Waals surface area contributed by atoms with E-state index in [4.69, 9.17) is 0 Å². The SMILES string of the molecule is O=C(C=Cc1ccc(F)cc1[N+](=O)[O-])Nc1ccncc1. The number of hydrogen-bond donors (Lipinski definition) is 1. The van der Waals surface area contributed by atoms with Gasteiger partial charge in [-0.25, -0.2) is 4.39 Å². The minimum atomic E-state index is -0.708. The number of carbonyl (C=O) groups excluding carboxylic acids is 1. The summed E-state index contributed by atoms with van der Waals surface area (Å²) in [6, 6.07) is 6.34. The first-order chi connectivity index (χ1) is 10.1. The van der Waals surface area contributed by atoms with Crippen molar-refractivity contribution in [3.8, 4) is 0 Å². The van der Waals surface area contributed by atoms with E-state index < -0.39 is 22.3 Å². The van der Waals surface area contributed by atoms with Gasteiger partial charge in [0.1, 0.15) is 5.82 Å². The van der Waals surface area contributed by atoms with Gasteiger partial charge < -0.3 is 5.32 Å². The third-order valence-electron chi connectivity index (χ3n) is 2.55. The number of nitrogens with one attached hydrogen (secondary N) is 1. The normalized spacial score (nSPS) is 10.5. The Bertz CT molecular complexity index is 702. The van der Waals surface area contributed by atoms with Gasteiger partial charge in [0.15, 0.2) is 0 Å². The lowest BCUT2D eigenvalue weighted by molar-refractivity contribution is -0.385. The Labute approximate surface area is 119 Å². The molecule has 0 aliphatic rings. The highest BCUT2D eigenvalue weighted by molar-refractivity contribution is 6.02. The summed E-state index contributed by atoms with van der Waals surface area (Å²) in [5, 5.41) is 13.4. The van der Waals surface area contributed by atoms with Gasteiger partial charge in [0.25, 0.3) is 5.69 Å². The zero-order chi connectivity index (χ0) is 15.2. The molecule has 0 atom stereocenters. The number of rotatable bonds is 4. The van der Waals surface area contributed by atoms with Gasteiger partial charge in [-0.2, -0.15) is 0 Å². The van der Waals surface area contributed by atoms with Crippen molar-refractivity contribution in [2.75, 3.05) is 5.32 Å². The van der Waals surface area contributed by atoms with E-state index in [0.29, 0.717) is 5.69 Å². The molecule has 1 aromatic heterocycles. The number of nitro benzene ring substituents is 1. The van der Waals surface area contributed by atoms with Crippen LogP contribution in [-0.4, -0.2) is 15.8 Å². The van der Waals surface area contributed by atoms with E-state index in [1.807, 2.05) is 0 Å². The molecule has 0 saturated carbocycles. The summed E-state index contributed by atoms with van der Waals surface area (Å²) in [7, 11) is 0. The molecular formula is C14H10FN3O3. The number of amides is 1. The Balaban J connectivity index is 2.14. The summed E-state index contributed by atoms with van der Waals surface area (Å²) in [5.74, 6) is -1.17. The lowest BCUT2D eigenvalue weighted by Gasteiger charge is -2.01. The molecule has 0 bridgehead atoms. The van der Waals surface area contributed by atoms with Gasteiger partial charge in [-0.3, -0.25) is 19.9 Å². The van der Waals surface area contributed by atoms with E-state index in [1.165, 1.54) is 24.5 Å². The smallest absolute Gasteiger partial charge is 0.279 e. The van der Waals surface area contributed by atoms with Gasteiger partial charge in [0.2, 0.25) is 5.91 Å². The summed E-state index contributed by atoms with van der Waals surface area (Å²) < 4.78 is 13.0. The predicted molar refractivity (Wildman–Crippen MR) is 75.0 cm³/mol. The molecule has 2 rings (SSSR count). The highest BCUT2D eigenvalue weighted by Crippen LogP contribution is 2.21. The number of carbonyl (C=O) groups is 1. The van der Waals surface area contributed by atoms with Crippen molar-refractivity contribution >= 4 is 23.4 Å². The maximum Gasteiger partial charge on any atom is 0.279 e. The molecule has 0 radical (unpaired) electrons. The molecule has 0 aliphatic heterocycles. The minimum Gasteiger partial charge on any atom is -0.322 e. The topological polar surface area (TPSA) is 85.1 Å². The number of anilines is 1. The van der Waals surface area contributed by atoms with Crippen molar-refractivity contribution in [3.63, 3.8) is 0 Å². The van der Waals surface area contributed by atoms with Crippen molar-refractivity contribution in [3.05, 3.63) is 70.3 Å². The second-order valence-corrected chi connectivity index (χ2v) is 4.02. The maximum absolute atomic E-state index is 13.0. The lowest BCUT2D eigenvalue weighted by atomic mass is 10.1. The van der Waals surface area contributed by atoms with Crippen LogP contribution in [0.4, 0.5) is 15.8 Å². The van der Waals surface area contributed by atoms with Gasteiger partial charge >= 0.3 is 0 Å². The fourth-order valence-electron chi connectivity index (χ4n) is 1.60. The Kier molecular flexibility index (Phi) is 4.35. The van der Waals surface area contributed by atoms with Gasteiger partial charge in [-0.05, 0) is 30.3 Å². The summed E-state index contributed by atoms with van der Waals surface area (Å²) in [5.41, 5.74) is 0.294. The molecule has 0 aliphatic carbocycles. The Morgan fingerprint density at radius 3 is 2.67 bits per heavy atom. The van der Waals surface area contributed by atoms with Crippen LogP contribution < -0.4 is 5.32 Å². The summed E-state index contributed by atoms with van der Waals surface area (Å²) in [6.07, 6.45) is 5.43. The first-order valence-corrected chi connectivity index (χ1v) is 5.89. The molecule has 1 N–H and O–H groups in total. The summed E-state index contributed by atoms with van der Waals surface area (Å²) in [4.78, 5) is 25.6. The molecular weight excluding hydrogens is 277 g/mol. The second kappa shape index (κ2) is 6.38. The van der Waals surface area contributed by atoms with Gasteiger partial charge in [-0.15, -0.1) is 0 Å². The lowest BCUT2D eigenvalue weighted by Crippen LogP contribution is -2.07. The molecule has 0 fully saturated rings. The molecule has 21 heavy (non-hydrogen) atoms. The van der Waals surface area contributed by atoms with Crippen molar-refractivity contribution in [2.45, 2.75) is 0 Å². The first kappa shape index (κ1) is 14.3.